The highest BCUT2D eigenvalue weighted by molar-refractivity contribution is 5.77. The second-order valence-electron chi connectivity index (χ2n) is 4.62. The van der Waals surface area contributed by atoms with Gasteiger partial charge in [-0.3, -0.25) is 9.69 Å². The third kappa shape index (κ3) is 3.86. The molecule has 17 heavy (non-hydrogen) atoms. The minimum Gasteiger partial charge on any atom is -0.496 e. The molecular formula is C14H21NO2. The number of carbonyl (C=O) groups is 1. The van der Waals surface area contributed by atoms with E-state index in [-0.39, 0.29) is 5.78 Å². The lowest BCUT2D eigenvalue weighted by Crippen LogP contribution is -2.24. The molecule has 94 valence electrons. The molecule has 0 aliphatic rings. The molecule has 0 bridgehead atoms. The van der Waals surface area contributed by atoms with Gasteiger partial charge in [-0.15, -0.1) is 0 Å². The van der Waals surface area contributed by atoms with Crippen molar-refractivity contribution >= 4 is 5.78 Å². The predicted octanol–water partition coefficient (Wildman–Crippen LogP) is 2.33. The summed E-state index contributed by atoms with van der Waals surface area (Å²) in [5.74, 6) is 1.07. The van der Waals surface area contributed by atoms with Gasteiger partial charge in [0.15, 0.2) is 0 Å². The topological polar surface area (TPSA) is 29.5 Å². The Morgan fingerprint density at radius 2 is 1.88 bits per heavy atom. The smallest absolute Gasteiger partial charge is 0.143 e. The van der Waals surface area contributed by atoms with Gasteiger partial charge in [0.05, 0.1) is 13.7 Å². The molecule has 0 atom stereocenters. The van der Waals surface area contributed by atoms with Crippen molar-refractivity contribution in [3.05, 3.63) is 28.8 Å². The van der Waals surface area contributed by atoms with Crippen LogP contribution >= 0.6 is 0 Å². The second kappa shape index (κ2) is 5.82. The largest absolute Gasteiger partial charge is 0.496 e. The lowest BCUT2D eigenvalue weighted by Gasteiger charge is -2.18. The van der Waals surface area contributed by atoms with E-state index in [1.807, 2.05) is 18.0 Å². The molecule has 1 aromatic carbocycles. The van der Waals surface area contributed by atoms with Crippen LogP contribution in [0.5, 0.6) is 5.75 Å². The number of carbonyl (C=O) groups excluding carboxylic acids is 1. The highest BCUT2D eigenvalue weighted by Crippen LogP contribution is 2.24. The van der Waals surface area contributed by atoms with Crippen molar-refractivity contribution in [2.45, 2.75) is 27.3 Å². The molecule has 3 nitrogen and oxygen atoms in total. The number of ether oxygens (including phenoxy) is 1. The summed E-state index contributed by atoms with van der Waals surface area (Å²) in [4.78, 5) is 13.0. The van der Waals surface area contributed by atoms with Crippen molar-refractivity contribution < 1.29 is 9.53 Å². The Bertz CT molecular complexity index is 413. The summed E-state index contributed by atoms with van der Waals surface area (Å²) in [5.41, 5.74) is 3.59. The third-order valence-electron chi connectivity index (χ3n) is 2.83. The maximum atomic E-state index is 11.0. The highest BCUT2D eigenvalue weighted by Gasteiger charge is 2.09. The van der Waals surface area contributed by atoms with Gasteiger partial charge in [0.1, 0.15) is 11.5 Å². The molecule has 0 unspecified atom stereocenters. The fourth-order valence-corrected chi connectivity index (χ4v) is 1.89. The van der Waals surface area contributed by atoms with Gasteiger partial charge in [0.25, 0.3) is 0 Å². The fraction of sp³-hybridized carbons (Fsp3) is 0.500. The molecule has 0 saturated carbocycles. The molecule has 0 aliphatic heterocycles. The Labute approximate surface area is 103 Å². The number of likely N-dealkylation sites (N-methyl/N-ethyl adjacent to an activating group) is 1. The highest BCUT2D eigenvalue weighted by atomic mass is 16.5. The van der Waals surface area contributed by atoms with Crippen LogP contribution in [0, 0.1) is 13.8 Å². The van der Waals surface area contributed by atoms with Crippen LogP contribution in [0.25, 0.3) is 0 Å². The molecule has 3 heteroatoms. The van der Waals surface area contributed by atoms with Gasteiger partial charge in [-0.05, 0) is 45.0 Å². The maximum Gasteiger partial charge on any atom is 0.143 e. The molecule has 0 amide bonds. The van der Waals surface area contributed by atoms with E-state index >= 15 is 0 Å². The summed E-state index contributed by atoms with van der Waals surface area (Å²) < 4.78 is 5.38. The van der Waals surface area contributed by atoms with E-state index in [9.17, 15) is 4.79 Å². The van der Waals surface area contributed by atoms with Crippen molar-refractivity contribution in [1.29, 1.82) is 0 Å². The Morgan fingerprint density at radius 3 is 2.41 bits per heavy atom. The average Bonchev–Trinajstić information content (AvgIpc) is 2.21. The zero-order chi connectivity index (χ0) is 13.0. The summed E-state index contributed by atoms with van der Waals surface area (Å²) in [5, 5.41) is 0. The minimum absolute atomic E-state index is 0.176. The molecule has 0 heterocycles. The first kappa shape index (κ1) is 13.7. The van der Waals surface area contributed by atoms with E-state index in [0.29, 0.717) is 6.54 Å². The number of Topliss-reactive ketones (excluding diaryl/α,β-unsaturated/α-hetero) is 1. The summed E-state index contributed by atoms with van der Waals surface area (Å²) in [6, 6.07) is 4.18. The van der Waals surface area contributed by atoms with E-state index in [0.717, 1.165) is 17.9 Å². The average molecular weight is 235 g/mol. The fourth-order valence-electron chi connectivity index (χ4n) is 1.89. The number of benzene rings is 1. The zero-order valence-corrected chi connectivity index (χ0v) is 11.3. The van der Waals surface area contributed by atoms with Crippen molar-refractivity contribution in [3.63, 3.8) is 0 Å². The predicted molar refractivity (Wildman–Crippen MR) is 69.5 cm³/mol. The van der Waals surface area contributed by atoms with E-state index in [1.165, 1.54) is 11.1 Å². The number of rotatable bonds is 5. The van der Waals surface area contributed by atoms with Gasteiger partial charge in [-0.25, -0.2) is 0 Å². The summed E-state index contributed by atoms with van der Waals surface area (Å²) in [7, 11) is 3.62. The molecule has 0 N–H and O–H groups in total. The molecule has 0 aromatic heterocycles. The zero-order valence-electron chi connectivity index (χ0n) is 11.3. The van der Waals surface area contributed by atoms with Gasteiger partial charge in [-0.1, -0.05) is 6.07 Å². The number of methoxy groups -OCH3 is 1. The van der Waals surface area contributed by atoms with Crippen molar-refractivity contribution in [1.82, 2.24) is 4.90 Å². The molecule has 0 aliphatic carbocycles. The van der Waals surface area contributed by atoms with E-state index in [4.69, 9.17) is 4.74 Å². The van der Waals surface area contributed by atoms with E-state index in [1.54, 1.807) is 14.0 Å². The van der Waals surface area contributed by atoms with Crippen LogP contribution < -0.4 is 4.74 Å². The molecule has 0 radical (unpaired) electrons. The first-order valence-corrected chi connectivity index (χ1v) is 5.76. The number of nitrogens with zero attached hydrogens (tertiary/aromatic N) is 1. The Morgan fingerprint density at radius 1 is 1.29 bits per heavy atom. The van der Waals surface area contributed by atoms with Gasteiger partial charge in [0, 0.05) is 12.1 Å². The Hall–Kier alpha value is -1.35. The van der Waals surface area contributed by atoms with E-state index < -0.39 is 0 Å². The summed E-state index contributed by atoms with van der Waals surface area (Å²) in [6.45, 7) is 6.96. The van der Waals surface area contributed by atoms with Gasteiger partial charge < -0.3 is 4.74 Å². The van der Waals surface area contributed by atoms with Crippen molar-refractivity contribution in [2.75, 3.05) is 20.7 Å². The lowest BCUT2D eigenvalue weighted by atomic mass is 10.0. The SMILES string of the molecule is COc1cc(C)c(C)cc1CN(C)CC(C)=O. The maximum absolute atomic E-state index is 11.0. The molecule has 0 fully saturated rings. The normalized spacial score (nSPS) is 10.7. The summed E-state index contributed by atoms with van der Waals surface area (Å²) >= 11 is 0. The van der Waals surface area contributed by atoms with Crippen LogP contribution in [-0.4, -0.2) is 31.4 Å². The Kier molecular flexibility index (Phi) is 4.70. The number of hydrogen-bond donors (Lipinski definition) is 0. The molecule has 0 spiro atoms. The van der Waals surface area contributed by atoms with Gasteiger partial charge in [0.2, 0.25) is 0 Å². The first-order chi connectivity index (χ1) is 7.93. The third-order valence-corrected chi connectivity index (χ3v) is 2.83. The quantitative estimate of drug-likeness (QED) is 0.784. The van der Waals surface area contributed by atoms with Crippen LogP contribution in [0.3, 0.4) is 0 Å². The first-order valence-electron chi connectivity index (χ1n) is 5.76. The minimum atomic E-state index is 0.176. The Balaban J connectivity index is 2.89. The second-order valence-corrected chi connectivity index (χ2v) is 4.62. The van der Waals surface area contributed by atoms with Crippen molar-refractivity contribution in [3.8, 4) is 5.75 Å². The summed E-state index contributed by atoms with van der Waals surface area (Å²) in [6.07, 6.45) is 0. The molecule has 1 aromatic rings. The van der Waals surface area contributed by atoms with Crippen LogP contribution in [0.2, 0.25) is 0 Å². The standard InChI is InChI=1S/C14H21NO2/c1-10-6-13(9-15(4)8-12(3)16)14(17-5)7-11(10)2/h6-7H,8-9H2,1-5H3. The lowest BCUT2D eigenvalue weighted by molar-refractivity contribution is -0.117. The van der Waals surface area contributed by atoms with Crippen LogP contribution in [0.15, 0.2) is 12.1 Å². The van der Waals surface area contributed by atoms with E-state index in [2.05, 4.69) is 19.9 Å². The molecular weight excluding hydrogens is 214 g/mol. The van der Waals surface area contributed by atoms with Crippen LogP contribution in [0.4, 0.5) is 0 Å². The van der Waals surface area contributed by atoms with Crippen LogP contribution in [0.1, 0.15) is 23.6 Å². The molecule has 0 saturated heterocycles. The monoisotopic (exact) mass is 235 g/mol. The van der Waals surface area contributed by atoms with Crippen molar-refractivity contribution in [2.24, 2.45) is 0 Å². The van der Waals surface area contributed by atoms with Gasteiger partial charge in [-0.2, -0.15) is 0 Å². The number of hydrogen-bond acceptors (Lipinski definition) is 3. The molecule has 1 rings (SSSR count). The van der Waals surface area contributed by atoms with Gasteiger partial charge >= 0.3 is 0 Å². The number of aryl methyl sites for hydroxylation is 2. The van der Waals surface area contributed by atoms with Crippen LogP contribution in [-0.2, 0) is 11.3 Å². The number of ketones is 1.